The maximum Gasteiger partial charge on any atom is 0.231 e. The molecule has 0 aromatic heterocycles. The fourth-order valence-corrected chi connectivity index (χ4v) is 1.19. The lowest BCUT2D eigenvalue weighted by atomic mass is 10.1. The molecule has 0 saturated carbocycles. The Kier molecular flexibility index (Phi) is 3.69. The lowest BCUT2D eigenvalue weighted by Gasteiger charge is -1.99. The number of hydrogen-bond donors (Lipinski definition) is 0. The number of nitriles is 1. The van der Waals surface area contributed by atoms with E-state index in [-0.39, 0.29) is 6.79 Å². The quantitative estimate of drug-likeness (QED) is 0.658. The molecule has 0 saturated heterocycles. The first-order valence-corrected chi connectivity index (χ1v) is 4.39. The van der Waals surface area contributed by atoms with Gasteiger partial charge in [0, 0.05) is 12.5 Å². The van der Waals surface area contributed by atoms with Crippen LogP contribution in [0.15, 0.2) is 12.1 Å². The Balaban J connectivity index is 0.000000337. The Labute approximate surface area is 88.0 Å². The SMILES string of the molecule is CC#N.Cc1cc2c(cc1C=O)OCO2. The van der Waals surface area contributed by atoms with Crippen molar-refractivity contribution in [3.63, 3.8) is 0 Å². The summed E-state index contributed by atoms with van der Waals surface area (Å²) in [5.41, 5.74) is 1.56. The highest BCUT2D eigenvalue weighted by Crippen LogP contribution is 2.33. The van der Waals surface area contributed by atoms with Crippen LogP contribution < -0.4 is 9.47 Å². The van der Waals surface area contributed by atoms with Crippen molar-refractivity contribution in [1.82, 2.24) is 0 Å². The van der Waals surface area contributed by atoms with Crippen LogP contribution >= 0.6 is 0 Å². The van der Waals surface area contributed by atoms with Crippen LogP contribution in [-0.2, 0) is 0 Å². The van der Waals surface area contributed by atoms with Gasteiger partial charge in [0.25, 0.3) is 0 Å². The molecule has 1 aromatic rings. The van der Waals surface area contributed by atoms with Crippen molar-refractivity contribution in [2.75, 3.05) is 6.79 Å². The first-order chi connectivity index (χ1) is 7.22. The molecule has 4 nitrogen and oxygen atoms in total. The minimum atomic E-state index is 0.247. The first kappa shape index (κ1) is 11.1. The third kappa shape index (κ3) is 2.47. The van der Waals surface area contributed by atoms with Crippen LogP contribution in [0.3, 0.4) is 0 Å². The molecule has 0 spiro atoms. The van der Waals surface area contributed by atoms with Gasteiger partial charge in [0.15, 0.2) is 11.5 Å². The number of aryl methyl sites for hydroxylation is 1. The highest BCUT2D eigenvalue weighted by atomic mass is 16.7. The Morgan fingerprint density at radius 2 is 1.93 bits per heavy atom. The second-order valence-electron chi connectivity index (χ2n) is 2.90. The molecule has 15 heavy (non-hydrogen) atoms. The van der Waals surface area contributed by atoms with E-state index in [1.54, 1.807) is 12.1 Å². The van der Waals surface area contributed by atoms with Crippen LogP contribution in [0.2, 0.25) is 0 Å². The molecule has 1 aliphatic heterocycles. The van der Waals surface area contributed by atoms with E-state index in [1.165, 1.54) is 6.92 Å². The molecular weight excluding hydrogens is 194 g/mol. The summed E-state index contributed by atoms with van der Waals surface area (Å²) in [7, 11) is 0. The van der Waals surface area contributed by atoms with Gasteiger partial charge in [-0.15, -0.1) is 0 Å². The smallest absolute Gasteiger partial charge is 0.231 e. The second kappa shape index (κ2) is 5.01. The highest BCUT2D eigenvalue weighted by molar-refractivity contribution is 5.79. The van der Waals surface area contributed by atoms with E-state index in [4.69, 9.17) is 14.7 Å². The van der Waals surface area contributed by atoms with Crippen LogP contribution in [0.4, 0.5) is 0 Å². The van der Waals surface area contributed by atoms with Crippen LogP contribution in [0.25, 0.3) is 0 Å². The Morgan fingerprint density at radius 3 is 2.47 bits per heavy atom. The molecule has 1 aliphatic rings. The van der Waals surface area contributed by atoms with Gasteiger partial charge in [-0.2, -0.15) is 5.26 Å². The van der Waals surface area contributed by atoms with E-state index in [9.17, 15) is 4.79 Å². The average Bonchev–Trinajstić information content (AvgIpc) is 2.64. The number of nitrogens with zero attached hydrogens (tertiary/aromatic N) is 1. The third-order valence-electron chi connectivity index (χ3n) is 1.89. The van der Waals surface area contributed by atoms with Crippen molar-refractivity contribution in [3.05, 3.63) is 23.3 Å². The molecule has 0 unspecified atom stereocenters. The standard InChI is InChI=1S/C9H8O3.C2H3N/c1-6-2-8-9(12-5-11-8)3-7(6)4-10;1-2-3/h2-4H,5H2,1H3;1H3. The molecule has 2 rings (SSSR count). The topological polar surface area (TPSA) is 59.3 Å². The minimum absolute atomic E-state index is 0.247. The summed E-state index contributed by atoms with van der Waals surface area (Å²) in [6.07, 6.45) is 0.817. The highest BCUT2D eigenvalue weighted by Gasteiger charge is 2.14. The number of ether oxygens (including phenoxy) is 2. The first-order valence-electron chi connectivity index (χ1n) is 4.39. The largest absolute Gasteiger partial charge is 0.454 e. The summed E-state index contributed by atoms with van der Waals surface area (Å²) in [4.78, 5) is 10.5. The second-order valence-corrected chi connectivity index (χ2v) is 2.90. The number of fused-ring (bicyclic) bond motifs is 1. The van der Waals surface area contributed by atoms with Gasteiger partial charge < -0.3 is 9.47 Å². The summed E-state index contributed by atoms with van der Waals surface area (Å²) >= 11 is 0. The fraction of sp³-hybridized carbons (Fsp3) is 0.273. The van der Waals surface area contributed by atoms with E-state index in [2.05, 4.69) is 0 Å². The van der Waals surface area contributed by atoms with Crippen molar-refractivity contribution in [2.24, 2.45) is 0 Å². The molecule has 0 aliphatic carbocycles. The molecule has 1 aromatic carbocycles. The Morgan fingerprint density at radius 1 is 1.40 bits per heavy atom. The number of carbonyl (C=O) groups is 1. The van der Waals surface area contributed by atoms with Gasteiger partial charge in [0.05, 0.1) is 6.07 Å². The van der Waals surface area contributed by atoms with Gasteiger partial charge in [-0.25, -0.2) is 0 Å². The molecule has 0 radical (unpaired) electrons. The monoisotopic (exact) mass is 205 g/mol. The van der Waals surface area contributed by atoms with Gasteiger partial charge in [0.2, 0.25) is 6.79 Å². The summed E-state index contributed by atoms with van der Waals surface area (Å²) in [5, 5.41) is 7.32. The van der Waals surface area contributed by atoms with Crippen molar-refractivity contribution in [3.8, 4) is 17.6 Å². The molecule has 0 fully saturated rings. The number of benzene rings is 1. The van der Waals surface area contributed by atoms with Gasteiger partial charge in [-0.1, -0.05) is 0 Å². The van der Waals surface area contributed by atoms with E-state index in [0.717, 1.165) is 17.6 Å². The number of hydrogen-bond acceptors (Lipinski definition) is 4. The zero-order chi connectivity index (χ0) is 11.3. The zero-order valence-corrected chi connectivity index (χ0v) is 8.61. The van der Waals surface area contributed by atoms with E-state index in [0.29, 0.717) is 11.3 Å². The number of carbonyl (C=O) groups excluding carboxylic acids is 1. The van der Waals surface area contributed by atoms with Crippen molar-refractivity contribution < 1.29 is 14.3 Å². The van der Waals surface area contributed by atoms with Crippen molar-refractivity contribution in [2.45, 2.75) is 13.8 Å². The molecule has 78 valence electrons. The minimum Gasteiger partial charge on any atom is -0.454 e. The predicted octanol–water partition coefficient (Wildman–Crippen LogP) is 2.07. The Hall–Kier alpha value is -2.02. The summed E-state index contributed by atoms with van der Waals surface area (Å²) < 4.78 is 10.3. The zero-order valence-electron chi connectivity index (χ0n) is 8.61. The molecule has 0 amide bonds. The van der Waals surface area contributed by atoms with Crippen LogP contribution in [0.1, 0.15) is 22.8 Å². The lowest BCUT2D eigenvalue weighted by molar-refractivity contribution is 0.112. The van der Waals surface area contributed by atoms with Gasteiger partial charge >= 0.3 is 0 Å². The predicted molar refractivity (Wildman–Crippen MR) is 54.0 cm³/mol. The van der Waals surface area contributed by atoms with Crippen molar-refractivity contribution >= 4 is 6.29 Å². The fourth-order valence-electron chi connectivity index (χ4n) is 1.19. The maximum absolute atomic E-state index is 10.5. The molecular formula is C11H11NO3. The molecule has 1 heterocycles. The van der Waals surface area contributed by atoms with Gasteiger partial charge in [0.1, 0.15) is 6.29 Å². The summed E-state index contributed by atoms with van der Waals surface area (Å²) in [6, 6.07) is 5.26. The van der Waals surface area contributed by atoms with Crippen LogP contribution in [0.5, 0.6) is 11.5 Å². The normalized spacial score (nSPS) is 11.0. The Bertz CT molecular complexity index is 407. The summed E-state index contributed by atoms with van der Waals surface area (Å²) in [5.74, 6) is 1.38. The lowest BCUT2D eigenvalue weighted by Crippen LogP contribution is -1.92. The maximum atomic E-state index is 10.5. The number of rotatable bonds is 1. The molecule has 0 bridgehead atoms. The summed E-state index contributed by atoms with van der Waals surface area (Å²) in [6.45, 7) is 3.54. The van der Waals surface area contributed by atoms with Crippen LogP contribution in [-0.4, -0.2) is 13.1 Å². The average molecular weight is 205 g/mol. The third-order valence-corrected chi connectivity index (χ3v) is 1.89. The number of aldehydes is 1. The van der Waals surface area contributed by atoms with E-state index >= 15 is 0 Å². The van der Waals surface area contributed by atoms with Crippen LogP contribution in [0, 0.1) is 18.3 Å². The van der Waals surface area contributed by atoms with E-state index < -0.39 is 0 Å². The molecule has 4 heteroatoms. The van der Waals surface area contributed by atoms with Crippen molar-refractivity contribution in [1.29, 1.82) is 5.26 Å². The molecule has 0 atom stereocenters. The molecule has 0 N–H and O–H groups in total. The van der Waals surface area contributed by atoms with Gasteiger partial charge in [-0.3, -0.25) is 4.79 Å². The van der Waals surface area contributed by atoms with Gasteiger partial charge in [-0.05, 0) is 24.6 Å². The van der Waals surface area contributed by atoms with E-state index in [1.807, 2.05) is 13.0 Å².